The second kappa shape index (κ2) is 10.1. The van der Waals surface area contributed by atoms with Crippen molar-refractivity contribution in [2.24, 2.45) is 0 Å². The van der Waals surface area contributed by atoms with Gasteiger partial charge in [0.05, 0.1) is 18.3 Å². The Labute approximate surface area is 178 Å². The molecule has 1 aliphatic heterocycles. The maximum absolute atomic E-state index is 12.8. The van der Waals surface area contributed by atoms with Crippen molar-refractivity contribution in [1.82, 2.24) is 9.80 Å². The zero-order valence-corrected chi connectivity index (χ0v) is 18.2. The van der Waals surface area contributed by atoms with Gasteiger partial charge in [-0.15, -0.1) is 0 Å². The number of ether oxygens (including phenoxy) is 1. The predicted octanol–water partition coefficient (Wildman–Crippen LogP) is 4.44. The fourth-order valence-electron chi connectivity index (χ4n) is 3.78. The summed E-state index contributed by atoms with van der Waals surface area (Å²) in [6.45, 7) is 10.1. The van der Waals surface area contributed by atoms with Gasteiger partial charge in [0, 0.05) is 37.2 Å². The molecular weight excluding hydrogens is 386 g/mol. The molecule has 29 heavy (non-hydrogen) atoms. The lowest BCUT2D eigenvalue weighted by Crippen LogP contribution is -2.53. The van der Waals surface area contributed by atoms with Crippen LogP contribution in [0.1, 0.15) is 32.4 Å². The summed E-state index contributed by atoms with van der Waals surface area (Å²) in [6.07, 6.45) is 0. The fourth-order valence-corrected chi connectivity index (χ4v) is 4.07. The molecule has 2 aromatic carbocycles. The van der Waals surface area contributed by atoms with Crippen molar-refractivity contribution in [3.05, 3.63) is 59.1 Å². The molecule has 2 aromatic rings. The summed E-state index contributed by atoms with van der Waals surface area (Å²) in [4.78, 5) is 17.5. The van der Waals surface area contributed by atoms with E-state index in [0.717, 1.165) is 42.5 Å². The van der Waals surface area contributed by atoms with Crippen molar-refractivity contribution in [3.63, 3.8) is 0 Å². The molecule has 0 aliphatic carbocycles. The van der Waals surface area contributed by atoms with Crippen LogP contribution in [-0.4, -0.2) is 54.5 Å². The lowest BCUT2D eigenvalue weighted by Gasteiger charge is -2.40. The number of benzene rings is 2. The first-order valence-electron chi connectivity index (χ1n) is 10.3. The standard InChI is InChI=1S/C23H30ClN3O2/c1-4-29-22-12-8-7-11-21(22)25-23(28)18(3)27-15-13-26(14-16-27)17(2)19-9-5-6-10-20(19)24/h5-12,17-18H,4,13-16H2,1-3H3,(H,25,28). The van der Waals surface area contributed by atoms with Crippen molar-refractivity contribution < 1.29 is 9.53 Å². The third-order valence-electron chi connectivity index (χ3n) is 5.62. The van der Waals surface area contributed by atoms with Gasteiger partial charge in [0.15, 0.2) is 0 Å². The summed E-state index contributed by atoms with van der Waals surface area (Å²) in [6, 6.07) is 15.6. The average Bonchev–Trinajstić information content (AvgIpc) is 2.75. The van der Waals surface area contributed by atoms with E-state index in [4.69, 9.17) is 16.3 Å². The van der Waals surface area contributed by atoms with E-state index in [1.807, 2.05) is 56.3 Å². The molecule has 1 N–H and O–H groups in total. The number of halogens is 1. The number of carbonyl (C=O) groups excluding carboxylic acids is 1. The highest BCUT2D eigenvalue weighted by molar-refractivity contribution is 6.31. The van der Waals surface area contributed by atoms with E-state index >= 15 is 0 Å². The van der Waals surface area contributed by atoms with Gasteiger partial charge >= 0.3 is 0 Å². The van der Waals surface area contributed by atoms with Gasteiger partial charge < -0.3 is 10.1 Å². The van der Waals surface area contributed by atoms with Crippen molar-refractivity contribution in [1.29, 1.82) is 0 Å². The fraction of sp³-hybridized carbons (Fsp3) is 0.435. The molecule has 1 amide bonds. The molecular formula is C23H30ClN3O2. The van der Waals surface area contributed by atoms with Crippen molar-refractivity contribution in [3.8, 4) is 5.75 Å². The molecule has 1 fully saturated rings. The number of nitrogens with zero attached hydrogens (tertiary/aromatic N) is 2. The first-order chi connectivity index (χ1) is 14.0. The largest absolute Gasteiger partial charge is 0.492 e. The topological polar surface area (TPSA) is 44.8 Å². The molecule has 0 aromatic heterocycles. The summed E-state index contributed by atoms with van der Waals surface area (Å²) in [5.74, 6) is 0.693. The Bertz CT molecular complexity index is 821. The summed E-state index contributed by atoms with van der Waals surface area (Å²) in [7, 11) is 0. The van der Waals surface area contributed by atoms with Crippen LogP contribution in [0, 0.1) is 0 Å². The van der Waals surface area contributed by atoms with Gasteiger partial charge in [0.25, 0.3) is 0 Å². The lowest BCUT2D eigenvalue weighted by atomic mass is 10.1. The Hall–Kier alpha value is -2.08. The molecule has 1 heterocycles. The van der Waals surface area contributed by atoms with Crippen LogP contribution in [0.25, 0.3) is 0 Å². The molecule has 0 spiro atoms. The SMILES string of the molecule is CCOc1ccccc1NC(=O)C(C)N1CCN(C(C)c2ccccc2Cl)CC1. The van der Waals surface area contributed by atoms with E-state index < -0.39 is 0 Å². The van der Waals surface area contributed by atoms with E-state index in [1.54, 1.807) is 0 Å². The monoisotopic (exact) mass is 415 g/mol. The maximum atomic E-state index is 12.8. The van der Waals surface area contributed by atoms with E-state index in [1.165, 1.54) is 0 Å². The summed E-state index contributed by atoms with van der Waals surface area (Å²) < 4.78 is 5.61. The van der Waals surface area contributed by atoms with Gasteiger partial charge in [0.1, 0.15) is 5.75 Å². The summed E-state index contributed by atoms with van der Waals surface area (Å²) in [5, 5.41) is 3.83. The Kier molecular flexibility index (Phi) is 7.53. The first kappa shape index (κ1) is 21.6. The zero-order valence-electron chi connectivity index (χ0n) is 17.4. The molecule has 1 saturated heterocycles. The molecule has 2 atom stereocenters. The Balaban J connectivity index is 1.56. The molecule has 0 radical (unpaired) electrons. The molecule has 2 unspecified atom stereocenters. The Morgan fingerprint density at radius 2 is 1.66 bits per heavy atom. The molecule has 0 bridgehead atoms. The van der Waals surface area contributed by atoms with Crippen LogP contribution in [0.4, 0.5) is 5.69 Å². The minimum absolute atomic E-state index is 0.00949. The van der Waals surface area contributed by atoms with E-state index in [2.05, 4.69) is 28.1 Å². The highest BCUT2D eigenvalue weighted by atomic mass is 35.5. The van der Waals surface area contributed by atoms with Crippen LogP contribution in [0.3, 0.4) is 0 Å². The predicted molar refractivity (Wildman–Crippen MR) is 119 cm³/mol. The van der Waals surface area contributed by atoms with Crippen molar-refractivity contribution in [2.45, 2.75) is 32.9 Å². The normalized spacial score (nSPS) is 17.5. The van der Waals surface area contributed by atoms with Gasteiger partial charge in [-0.3, -0.25) is 14.6 Å². The van der Waals surface area contributed by atoms with Gasteiger partial charge in [-0.05, 0) is 44.5 Å². The lowest BCUT2D eigenvalue weighted by molar-refractivity contribution is -0.121. The number of piperazine rings is 1. The highest BCUT2D eigenvalue weighted by Gasteiger charge is 2.28. The Morgan fingerprint density at radius 3 is 2.34 bits per heavy atom. The minimum atomic E-state index is -0.206. The zero-order chi connectivity index (χ0) is 20.8. The third-order valence-corrected chi connectivity index (χ3v) is 5.97. The van der Waals surface area contributed by atoms with Crippen molar-refractivity contribution >= 4 is 23.2 Å². The van der Waals surface area contributed by atoms with Gasteiger partial charge in [0.2, 0.25) is 5.91 Å². The maximum Gasteiger partial charge on any atom is 0.241 e. The first-order valence-corrected chi connectivity index (χ1v) is 10.6. The van der Waals surface area contributed by atoms with Crippen molar-refractivity contribution in [2.75, 3.05) is 38.1 Å². The van der Waals surface area contributed by atoms with E-state index in [0.29, 0.717) is 12.4 Å². The molecule has 0 saturated carbocycles. The number of nitrogens with one attached hydrogen (secondary N) is 1. The number of amides is 1. The van der Waals surface area contributed by atoms with E-state index in [9.17, 15) is 4.79 Å². The smallest absolute Gasteiger partial charge is 0.241 e. The molecule has 6 heteroatoms. The number of carbonyl (C=O) groups is 1. The summed E-state index contributed by atoms with van der Waals surface area (Å²) >= 11 is 6.37. The minimum Gasteiger partial charge on any atom is -0.492 e. The van der Waals surface area contributed by atoms with Crippen LogP contribution in [0.15, 0.2) is 48.5 Å². The van der Waals surface area contributed by atoms with Gasteiger partial charge in [-0.1, -0.05) is 41.9 Å². The average molecular weight is 416 g/mol. The highest BCUT2D eigenvalue weighted by Crippen LogP contribution is 2.28. The molecule has 5 nitrogen and oxygen atoms in total. The van der Waals surface area contributed by atoms with Crippen LogP contribution in [0.5, 0.6) is 5.75 Å². The third kappa shape index (κ3) is 5.30. The molecule has 156 valence electrons. The van der Waals surface area contributed by atoms with Crippen LogP contribution >= 0.6 is 11.6 Å². The second-order valence-corrected chi connectivity index (χ2v) is 7.77. The van der Waals surface area contributed by atoms with Gasteiger partial charge in [-0.25, -0.2) is 0 Å². The Morgan fingerprint density at radius 1 is 1.03 bits per heavy atom. The van der Waals surface area contributed by atoms with E-state index in [-0.39, 0.29) is 18.0 Å². The summed E-state index contributed by atoms with van der Waals surface area (Å²) in [5.41, 5.74) is 1.87. The number of hydrogen-bond acceptors (Lipinski definition) is 4. The number of anilines is 1. The van der Waals surface area contributed by atoms with Crippen LogP contribution < -0.4 is 10.1 Å². The van der Waals surface area contributed by atoms with Crippen LogP contribution in [0.2, 0.25) is 5.02 Å². The molecule has 3 rings (SSSR count). The number of hydrogen-bond donors (Lipinski definition) is 1. The van der Waals surface area contributed by atoms with Gasteiger partial charge in [-0.2, -0.15) is 0 Å². The molecule has 1 aliphatic rings. The van der Waals surface area contributed by atoms with Crippen LogP contribution in [-0.2, 0) is 4.79 Å². The number of para-hydroxylation sites is 2. The quantitative estimate of drug-likeness (QED) is 0.725. The number of rotatable bonds is 7. The second-order valence-electron chi connectivity index (χ2n) is 7.36.